The summed E-state index contributed by atoms with van der Waals surface area (Å²) in [6.07, 6.45) is 4.67. The molecule has 52 valence electrons. The second-order valence-corrected chi connectivity index (χ2v) is 3.47. The average Bonchev–Trinajstić information content (AvgIpc) is 1.84. The molecular formula is C8H17B. The normalized spacial score (nSPS) is 11.9. The maximum absolute atomic E-state index is 5.55. The molecule has 0 amide bonds. The Morgan fingerprint density at radius 2 is 1.89 bits per heavy atom. The maximum atomic E-state index is 5.55. The molecular weight excluding hydrogens is 107 g/mol. The molecule has 0 aromatic rings. The fourth-order valence-corrected chi connectivity index (χ4v) is 0.757. The Kier molecular flexibility index (Phi) is 4.00. The minimum absolute atomic E-state index is 0.371. The molecule has 0 rings (SSSR count). The highest BCUT2D eigenvalue weighted by Gasteiger charge is 2.12. The van der Waals surface area contributed by atoms with Gasteiger partial charge in [0.05, 0.1) is 7.85 Å². The van der Waals surface area contributed by atoms with Gasteiger partial charge >= 0.3 is 0 Å². The van der Waals surface area contributed by atoms with Crippen molar-refractivity contribution in [3.05, 3.63) is 0 Å². The van der Waals surface area contributed by atoms with Gasteiger partial charge in [0.1, 0.15) is 0 Å². The molecule has 0 heterocycles. The summed E-state index contributed by atoms with van der Waals surface area (Å²) in [7, 11) is 5.55. The number of hydrogen-bond donors (Lipinski definition) is 0. The van der Waals surface area contributed by atoms with Crippen LogP contribution < -0.4 is 0 Å². The minimum atomic E-state index is 0.371. The highest BCUT2D eigenvalue weighted by atomic mass is 14.2. The van der Waals surface area contributed by atoms with Crippen LogP contribution in [0.4, 0.5) is 0 Å². The molecule has 0 aliphatic heterocycles. The molecule has 0 saturated heterocycles. The zero-order chi connectivity index (χ0) is 7.33. The molecule has 0 bridgehead atoms. The second-order valence-electron chi connectivity index (χ2n) is 3.47. The van der Waals surface area contributed by atoms with Gasteiger partial charge in [0, 0.05) is 0 Å². The molecule has 0 aliphatic rings. The average molecular weight is 124 g/mol. The van der Waals surface area contributed by atoms with Crippen LogP contribution in [-0.2, 0) is 0 Å². The predicted octanol–water partition coefficient (Wildman–Crippen LogP) is 2.79. The van der Waals surface area contributed by atoms with E-state index in [0.29, 0.717) is 5.41 Å². The van der Waals surface area contributed by atoms with Crippen molar-refractivity contribution in [2.45, 2.75) is 46.4 Å². The number of rotatable bonds is 4. The molecule has 0 fully saturated rings. The Morgan fingerprint density at radius 3 is 2.22 bits per heavy atom. The van der Waals surface area contributed by atoms with E-state index in [4.69, 9.17) is 7.85 Å². The fraction of sp³-hybridized carbons (Fsp3) is 1.00. The van der Waals surface area contributed by atoms with Gasteiger partial charge in [-0.25, -0.2) is 0 Å². The van der Waals surface area contributed by atoms with Gasteiger partial charge in [-0.2, -0.15) is 0 Å². The van der Waals surface area contributed by atoms with Crippen LogP contribution in [0.5, 0.6) is 0 Å². The van der Waals surface area contributed by atoms with Crippen molar-refractivity contribution in [3.8, 4) is 0 Å². The lowest BCUT2D eigenvalue weighted by Gasteiger charge is -2.21. The molecule has 0 unspecified atom stereocenters. The van der Waals surface area contributed by atoms with Gasteiger partial charge in [-0.3, -0.25) is 0 Å². The summed E-state index contributed by atoms with van der Waals surface area (Å²) in [6.45, 7) is 6.66. The van der Waals surface area contributed by atoms with Gasteiger partial charge in [0.15, 0.2) is 0 Å². The van der Waals surface area contributed by atoms with Crippen LogP contribution in [-0.4, -0.2) is 7.85 Å². The van der Waals surface area contributed by atoms with Gasteiger partial charge in [0.25, 0.3) is 0 Å². The van der Waals surface area contributed by atoms with E-state index in [2.05, 4.69) is 20.8 Å². The van der Waals surface area contributed by atoms with Crippen LogP contribution in [0.1, 0.15) is 40.0 Å². The van der Waals surface area contributed by atoms with Crippen molar-refractivity contribution in [2.24, 2.45) is 5.41 Å². The molecule has 1 heteroatoms. The Bertz CT molecular complexity index is 67.0. The van der Waals surface area contributed by atoms with Crippen LogP contribution in [0.3, 0.4) is 0 Å². The Balaban J connectivity index is 3.33. The van der Waals surface area contributed by atoms with Gasteiger partial charge in [-0.05, 0) is 11.8 Å². The Morgan fingerprint density at radius 1 is 1.33 bits per heavy atom. The molecule has 0 atom stereocenters. The first-order valence-electron chi connectivity index (χ1n) is 3.82. The van der Waals surface area contributed by atoms with Crippen LogP contribution >= 0.6 is 0 Å². The highest BCUT2D eigenvalue weighted by molar-refractivity contribution is 6.08. The number of hydrogen-bond acceptors (Lipinski definition) is 0. The monoisotopic (exact) mass is 124 g/mol. The van der Waals surface area contributed by atoms with Crippen molar-refractivity contribution in [3.63, 3.8) is 0 Å². The lowest BCUT2D eigenvalue weighted by atomic mass is 9.76. The third-order valence-electron chi connectivity index (χ3n) is 1.76. The van der Waals surface area contributed by atoms with E-state index < -0.39 is 0 Å². The van der Waals surface area contributed by atoms with E-state index in [1.54, 1.807) is 0 Å². The van der Waals surface area contributed by atoms with E-state index >= 15 is 0 Å². The van der Waals surface area contributed by atoms with Crippen molar-refractivity contribution in [2.75, 3.05) is 0 Å². The first kappa shape index (κ1) is 9.06. The molecule has 0 nitrogen and oxygen atoms in total. The lowest BCUT2D eigenvalue weighted by molar-refractivity contribution is 0.364. The summed E-state index contributed by atoms with van der Waals surface area (Å²) < 4.78 is 0. The van der Waals surface area contributed by atoms with Crippen molar-refractivity contribution in [1.29, 1.82) is 0 Å². The number of unbranched alkanes of at least 4 members (excludes halogenated alkanes) is 1. The third-order valence-corrected chi connectivity index (χ3v) is 1.76. The van der Waals surface area contributed by atoms with E-state index in [1.165, 1.54) is 19.3 Å². The van der Waals surface area contributed by atoms with Crippen LogP contribution in [0.25, 0.3) is 0 Å². The molecule has 0 aliphatic carbocycles. The second kappa shape index (κ2) is 3.97. The van der Waals surface area contributed by atoms with Gasteiger partial charge < -0.3 is 0 Å². The molecule has 2 radical (unpaired) electrons. The summed E-state index contributed by atoms with van der Waals surface area (Å²) >= 11 is 0. The summed E-state index contributed by atoms with van der Waals surface area (Å²) in [5.41, 5.74) is 0.371. The first-order chi connectivity index (χ1) is 4.12. The lowest BCUT2D eigenvalue weighted by Crippen LogP contribution is -2.09. The summed E-state index contributed by atoms with van der Waals surface area (Å²) in [5.74, 6) is 0. The summed E-state index contributed by atoms with van der Waals surface area (Å²) in [6, 6.07) is 0. The fourth-order valence-electron chi connectivity index (χ4n) is 0.757. The van der Waals surface area contributed by atoms with Crippen molar-refractivity contribution in [1.82, 2.24) is 0 Å². The molecule has 0 N–H and O–H groups in total. The summed E-state index contributed by atoms with van der Waals surface area (Å²) in [5, 5.41) is 0. The van der Waals surface area contributed by atoms with Crippen molar-refractivity contribution >= 4 is 7.85 Å². The van der Waals surface area contributed by atoms with Gasteiger partial charge in [-0.1, -0.05) is 39.9 Å². The summed E-state index contributed by atoms with van der Waals surface area (Å²) in [4.78, 5) is 0. The largest absolute Gasteiger partial charge is 0.0837 e. The van der Waals surface area contributed by atoms with Crippen molar-refractivity contribution < 1.29 is 0 Å². The molecule has 0 aromatic heterocycles. The minimum Gasteiger partial charge on any atom is -0.0837 e. The highest BCUT2D eigenvalue weighted by Crippen LogP contribution is 2.25. The standard InChI is InChI=1S/C8H17B/c1-4-5-6-8(2,3)7-9/h4-7H2,1-3H3. The molecule has 0 aromatic carbocycles. The zero-order valence-electron chi connectivity index (χ0n) is 6.91. The van der Waals surface area contributed by atoms with Crippen LogP contribution in [0.2, 0.25) is 6.32 Å². The first-order valence-corrected chi connectivity index (χ1v) is 3.82. The third kappa shape index (κ3) is 4.56. The SMILES string of the molecule is [B]CC(C)(C)CCCC. The van der Waals surface area contributed by atoms with E-state index in [9.17, 15) is 0 Å². The molecule has 0 saturated carbocycles. The quantitative estimate of drug-likeness (QED) is 0.505. The van der Waals surface area contributed by atoms with E-state index in [1.807, 2.05) is 0 Å². The topological polar surface area (TPSA) is 0 Å². The smallest absolute Gasteiger partial charge is 0.0660 e. The Labute approximate surface area is 60.4 Å². The maximum Gasteiger partial charge on any atom is 0.0660 e. The molecule has 9 heavy (non-hydrogen) atoms. The molecule has 0 spiro atoms. The van der Waals surface area contributed by atoms with Crippen LogP contribution in [0, 0.1) is 5.41 Å². The van der Waals surface area contributed by atoms with Crippen LogP contribution in [0.15, 0.2) is 0 Å². The zero-order valence-corrected chi connectivity index (χ0v) is 6.91. The van der Waals surface area contributed by atoms with Gasteiger partial charge in [0.2, 0.25) is 0 Å². The predicted molar refractivity (Wildman–Crippen MR) is 43.9 cm³/mol. The Hall–Kier alpha value is 0.0649. The van der Waals surface area contributed by atoms with E-state index in [-0.39, 0.29) is 0 Å². The van der Waals surface area contributed by atoms with Gasteiger partial charge in [-0.15, -0.1) is 0 Å². The van der Waals surface area contributed by atoms with E-state index in [0.717, 1.165) is 6.32 Å².